The molecule has 1 saturated heterocycles. The van der Waals surface area contributed by atoms with E-state index in [1.807, 2.05) is 39.8 Å². The lowest BCUT2D eigenvalue weighted by Gasteiger charge is -2.32. The van der Waals surface area contributed by atoms with E-state index in [0.717, 1.165) is 17.4 Å². The number of carbonyl (C=O) groups is 1. The number of hydrogen-bond donors (Lipinski definition) is 1. The zero-order valence-corrected chi connectivity index (χ0v) is 12.1. The van der Waals surface area contributed by atoms with Crippen molar-refractivity contribution in [2.75, 3.05) is 12.4 Å². The number of carbonyl (C=O) groups excluding carboxylic acids is 1. The molecule has 4 nitrogen and oxygen atoms in total. The smallest absolute Gasteiger partial charge is 0.399 e. The number of anilines is 1. The van der Waals surface area contributed by atoms with E-state index in [0.29, 0.717) is 5.56 Å². The molecule has 1 heterocycles. The summed E-state index contributed by atoms with van der Waals surface area (Å²) in [6.07, 6.45) is 0.834. The summed E-state index contributed by atoms with van der Waals surface area (Å²) in [5, 5.41) is 3.06. The summed E-state index contributed by atoms with van der Waals surface area (Å²) < 4.78 is 12.0. The molecule has 1 N–H and O–H groups in total. The van der Waals surface area contributed by atoms with Gasteiger partial charge in [0.15, 0.2) is 6.29 Å². The van der Waals surface area contributed by atoms with Crippen LogP contribution in [0.25, 0.3) is 0 Å². The van der Waals surface area contributed by atoms with E-state index in [1.165, 1.54) is 0 Å². The Morgan fingerprint density at radius 1 is 1.16 bits per heavy atom. The van der Waals surface area contributed by atoms with E-state index in [2.05, 4.69) is 5.32 Å². The van der Waals surface area contributed by atoms with Gasteiger partial charge in [-0.2, -0.15) is 0 Å². The molecular weight excluding hydrogens is 241 g/mol. The van der Waals surface area contributed by atoms with Gasteiger partial charge in [-0.3, -0.25) is 4.79 Å². The van der Waals surface area contributed by atoms with E-state index < -0.39 is 7.12 Å². The molecule has 0 amide bonds. The highest BCUT2D eigenvalue weighted by molar-refractivity contribution is 6.64. The molecule has 0 unspecified atom stereocenters. The van der Waals surface area contributed by atoms with Crippen LogP contribution in [0.3, 0.4) is 0 Å². The van der Waals surface area contributed by atoms with Crippen LogP contribution in [0.1, 0.15) is 38.1 Å². The minimum Gasteiger partial charge on any atom is -0.399 e. The van der Waals surface area contributed by atoms with Gasteiger partial charge in [-0.1, -0.05) is 12.1 Å². The zero-order chi connectivity index (χ0) is 14.3. The molecule has 2 rings (SSSR count). The van der Waals surface area contributed by atoms with Crippen LogP contribution >= 0.6 is 0 Å². The number of para-hydroxylation sites is 1. The van der Waals surface area contributed by atoms with Crippen molar-refractivity contribution in [1.29, 1.82) is 0 Å². The van der Waals surface area contributed by atoms with Crippen molar-refractivity contribution in [2.45, 2.75) is 38.9 Å². The van der Waals surface area contributed by atoms with Crippen LogP contribution in [-0.2, 0) is 9.31 Å². The minimum absolute atomic E-state index is 0.389. The summed E-state index contributed by atoms with van der Waals surface area (Å²) in [5.41, 5.74) is 1.44. The topological polar surface area (TPSA) is 47.6 Å². The van der Waals surface area contributed by atoms with Crippen molar-refractivity contribution in [1.82, 2.24) is 0 Å². The second kappa shape index (κ2) is 4.65. The molecule has 0 atom stereocenters. The Morgan fingerprint density at radius 2 is 1.74 bits per heavy atom. The average Bonchev–Trinajstić information content (AvgIpc) is 2.57. The summed E-state index contributed by atoms with van der Waals surface area (Å²) in [4.78, 5) is 11.1. The highest BCUT2D eigenvalue weighted by atomic mass is 16.7. The fourth-order valence-electron chi connectivity index (χ4n) is 2.14. The van der Waals surface area contributed by atoms with Crippen molar-refractivity contribution in [3.8, 4) is 0 Å². The fourth-order valence-corrected chi connectivity index (χ4v) is 2.14. The van der Waals surface area contributed by atoms with Crippen LogP contribution in [0, 0.1) is 0 Å². The maximum Gasteiger partial charge on any atom is 0.496 e. The normalized spacial score (nSPS) is 20.4. The molecule has 0 radical (unpaired) electrons. The monoisotopic (exact) mass is 261 g/mol. The molecule has 0 saturated carbocycles. The highest BCUT2D eigenvalue weighted by Crippen LogP contribution is 2.37. The molecule has 1 fully saturated rings. The lowest BCUT2D eigenvalue weighted by atomic mass is 9.77. The van der Waals surface area contributed by atoms with Gasteiger partial charge in [0.1, 0.15) is 0 Å². The summed E-state index contributed by atoms with van der Waals surface area (Å²) in [6.45, 7) is 8.04. The summed E-state index contributed by atoms with van der Waals surface area (Å²) >= 11 is 0. The van der Waals surface area contributed by atoms with Gasteiger partial charge in [0.05, 0.1) is 11.2 Å². The Labute approximate surface area is 114 Å². The Hall–Kier alpha value is -1.33. The van der Waals surface area contributed by atoms with Crippen LogP contribution in [0.2, 0.25) is 0 Å². The van der Waals surface area contributed by atoms with E-state index in [9.17, 15) is 4.79 Å². The molecule has 0 aliphatic carbocycles. The van der Waals surface area contributed by atoms with E-state index >= 15 is 0 Å². The van der Waals surface area contributed by atoms with Crippen molar-refractivity contribution in [2.24, 2.45) is 0 Å². The van der Waals surface area contributed by atoms with Crippen LogP contribution in [0.5, 0.6) is 0 Å². The molecule has 1 aromatic carbocycles. The third-order valence-corrected chi connectivity index (χ3v) is 4.01. The first-order chi connectivity index (χ1) is 8.82. The number of rotatable bonds is 3. The third-order valence-electron chi connectivity index (χ3n) is 4.01. The first-order valence-corrected chi connectivity index (χ1v) is 6.44. The largest absolute Gasteiger partial charge is 0.496 e. The molecule has 0 spiro atoms. The summed E-state index contributed by atoms with van der Waals surface area (Å²) in [5.74, 6) is 0. The van der Waals surface area contributed by atoms with Gasteiger partial charge in [-0.25, -0.2) is 0 Å². The second-order valence-electron chi connectivity index (χ2n) is 5.77. The summed E-state index contributed by atoms with van der Waals surface area (Å²) in [6, 6.07) is 5.53. The molecule has 0 aromatic heterocycles. The predicted molar refractivity (Wildman–Crippen MR) is 77.1 cm³/mol. The van der Waals surface area contributed by atoms with Crippen molar-refractivity contribution < 1.29 is 14.1 Å². The molecule has 1 aliphatic rings. The van der Waals surface area contributed by atoms with Gasteiger partial charge >= 0.3 is 7.12 Å². The van der Waals surface area contributed by atoms with Gasteiger partial charge in [0.25, 0.3) is 0 Å². The zero-order valence-electron chi connectivity index (χ0n) is 12.1. The van der Waals surface area contributed by atoms with Crippen LogP contribution in [0.15, 0.2) is 18.2 Å². The predicted octanol–water partition coefficient (Wildman–Crippen LogP) is 1.84. The minimum atomic E-state index is -0.465. The maximum absolute atomic E-state index is 11.1. The Bertz CT molecular complexity index is 483. The lowest BCUT2D eigenvalue weighted by molar-refractivity contribution is 0.00578. The van der Waals surface area contributed by atoms with Gasteiger partial charge in [0.2, 0.25) is 0 Å². The Kier molecular flexibility index (Phi) is 3.45. The highest BCUT2D eigenvalue weighted by Gasteiger charge is 2.52. The van der Waals surface area contributed by atoms with E-state index in [-0.39, 0.29) is 11.2 Å². The van der Waals surface area contributed by atoms with Gasteiger partial charge in [0, 0.05) is 23.8 Å². The molecule has 1 aliphatic heterocycles. The van der Waals surface area contributed by atoms with Crippen molar-refractivity contribution in [3.63, 3.8) is 0 Å². The molecule has 19 heavy (non-hydrogen) atoms. The maximum atomic E-state index is 11.1. The molecular formula is C14H20BNO3. The quantitative estimate of drug-likeness (QED) is 0.666. The third kappa shape index (κ3) is 2.28. The second-order valence-corrected chi connectivity index (χ2v) is 5.77. The van der Waals surface area contributed by atoms with E-state index in [4.69, 9.17) is 9.31 Å². The molecule has 102 valence electrons. The molecule has 1 aromatic rings. The number of hydrogen-bond acceptors (Lipinski definition) is 4. The number of aldehydes is 1. The van der Waals surface area contributed by atoms with Crippen LogP contribution in [-0.4, -0.2) is 31.7 Å². The lowest BCUT2D eigenvalue weighted by Crippen LogP contribution is -2.41. The number of benzene rings is 1. The summed E-state index contributed by atoms with van der Waals surface area (Å²) in [7, 11) is 1.32. The fraction of sp³-hybridized carbons (Fsp3) is 0.500. The number of nitrogens with one attached hydrogen (secondary N) is 1. The van der Waals surface area contributed by atoms with E-state index in [1.54, 1.807) is 13.1 Å². The Morgan fingerprint density at radius 3 is 2.21 bits per heavy atom. The van der Waals surface area contributed by atoms with Crippen molar-refractivity contribution in [3.05, 3.63) is 23.8 Å². The van der Waals surface area contributed by atoms with Crippen molar-refractivity contribution >= 4 is 24.6 Å². The molecule has 5 heteroatoms. The average molecular weight is 261 g/mol. The standard InChI is InChI=1S/C14H20BNO3/c1-13(2)14(3,4)19-15(18-13)11-8-6-7-10(9-17)12(11)16-5/h6-9,16H,1-5H3. The SMILES string of the molecule is CNc1c(C=O)cccc1B1OC(C)(C)C(C)(C)O1. The van der Waals surface area contributed by atoms with Crippen LogP contribution in [0.4, 0.5) is 5.69 Å². The van der Waals surface area contributed by atoms with Crippen LogP contribution < -0.4 is 10.8 Å². The Balaban J connectivity index is 2.42. The van der Waals surface area contributed by atoms with Gasteiger partial charge < -0.3 is 14.6 Å². The molecule has 0 bridgehead atoms. The van der Waals surface area contributed by atoms with Gasteiger partial charge in [-0.05, 0) is 33.8 Å². The van der Waals surface area contributed by atoms with Gasteiger partial charge in [-0.15, -0.1) is 0 Å². The first-order valence-electron chi connectivity index (χ1n) is 6.44. The first kappa shape index (κ1) is 14.1.